The Labute approximate surface area is 177 Å². The highest BCUT2D eigenvalue weighted by Gasteiger charge is 2.23. The van der Waals surface area contributed by atoms with E-state index in [1.807, 2.05) is 30.3 Å². The predicted octanol–water partition coefficient (Wildman–Crippen LogP) is 6.34. The van der Waals surface area contributed by atoms with Crippen LogP contribution in [0, 0.1) is 0 Å². The number of esters is 1. The minimum absolute atomic E-state index is 0.0250. The lowest BCUT2D eigenvalue weighted by atomic mass is 9.87. The number of nitrogens with zero attached hydrogens (tertiary/aromatic N) is 2. The second-order valence-electron chi connectivity index (χ2n) is 9.22. The Balaban J connectivity index is 1.94. The van der Waals surface area contributed by atoms with Gasteiger partial charge in [0.1, 0.15) is 0 Å². The molecule has 0 aliphatic carbocycles. The first-order valence-electron chi connectivity index (χ1n) is 9.64. The molecule has 3 aromatic rings. The van der Waals surface area contributed by atoms with Crippen LogP contribution < -0.4 is 4.74 Å². The second-order valence-corrected chi connectivity index (χ2v) is 9.66. The summed E-state index contributed by atoms with van der Waals surface area (Å²) in [5.41, 5.74) is 3.10. The van der Waals surface area contributed by atoms with Crippen LogP contribution >= 0.6 is 11.6 Å². The maximum absolute atomic E-state index is 12.8. The molecule has 4 nitrogen and oxygen atoms in total. The standard InChI is InChI=1S/C24H27ClN2O2/c1-23(2,3)17-9-7-16(8-10-17)22(28)29-21-15-20(24(4,5)6)26-27(21)19-13-11-18(25)12-14-19/h7-15H,1-6H3. The molecule has 152 valence electrons. The van der Waals surface area contributed by atoms with Crippen molar-refractivity contribution in [2.45, 2.75) is 52.4 Å². The highest BCUT2D eigenvalue weighted by Crippen LogP contribution is 2.29. The van der Waals surface area contributed by atoms with E-state index in [4.69, 9.17) is 16.3 Å². The van der Waals surface area contributed by atoms with E-state index in [1.54, 1.807) is 28.9 Å². The lowest BCUT2D eigenvalue weighted by molar-refractivity contribution is 0.0723. The van der Waals surface area contributed by atoms with Crippen LogP contribution in [0.1, 0.15) is 63.2 Å². The van der Waals surface area contributed by atoms with Gasteiger partial charge in [-0.2, -0.15) is 5.10 Å². The van der Waals surface area contributed by atoms with E-state index < -0.39 is 5.97 Å². The number of ether oxygens (including phenoxy) is 1. The third-order valence-corrected chi connectivity index (χ3v) is 4.95. The van der Waals surface area contributed by atoms with Crippen molar-refractivity contribution in [2.75, 3.05) is 0 Å². The highest BCUT2D eigenvalue weighted by molar-refractivity contribution is 6.30. The number of carbonyl (C=O) groups excluding carboxylic acids is 1. The van der Waals surface area contributed by atoms with Crippen LogP contribution in [0.15, 0.2) is 54.6 Å². The molecule has 0 amide bonds. The zero-order valence-corrected chi connectivity index (χ0v) is 18.5. The predicted molar refractivity (Wildman–Crippen MR) is 117 cm³/mol. The lowest BCUT2D eigenvalue weighted by Gasteiger charge is -2.18. The number of aromatic nitrogens is 2. The zero-order valence-electron chi connectivity index (χ0n) is 17.8. The third kappa shape index (κ3) is 4.88. The summed E-state index contributed by atoms with van der Waals surface area (Å²) in [6, 6.07) is 16.6. The van der Waals surface area contributed by atoms with Crippen molar-refractivity contribution >= 4 is 17.6 Å². The number of halogens is 1. The molecular weight excluding hydrogens is 384 g/mol. The Kier molecular flexibility index (Phi) is 5.59. The van der Waals surface area contributed by atoms with E-state index in [0.717, 1.165) is 16.9 Å². The fourth-order valence-electron chi connectivity index (χ4n) is 2.83. The molecular formula is C24H27ClN2O2. The van der Waals surface area contributed by atoms with Gasteiger partial charge in [0.2, 0.25) is 5.88 Å². The molecule has 0 N–H and O–H groups in total. The van der Waals surface area contributed by atoms with Crippen LogP contribution in [0.2, 0.25) is 5.02 Å². The van der Waals surface area contributed by atoms with Gasteiger partial charge in [0.15, 0.2) is 0 Å². The summed E-state index contributed by atoms with van der Waals surface area (Å²) in [5, 5.41) is 5.30. The highest BCUT2D eigenvalue weighted by atomic mass is 35.5. The lowest BCUT2D eigenvalue weighted by Crippen LogP contribution is -2.14. The van der Waals surface area contributed by atoms with Crippen molar-refractivity contribution in [3.63, 3.8) is 0 Å². The molecule has 0 spiro atoms. The summed E-state index contributed by atoms with van der Waals surface area (Å²) < 4.78 is 7.38. The molecule has 1 aromatic heterocycles. The summed E-state index contributed by atoms with van der Waals surface area (Å²) in [6.07, 6.45) is 0. The quantitative estimate of drug-likeness (QED) is 0.473. The number of rotatable bonds is 3. The van der Waals surface area contributed by atoms with Gasteiger partial charge < -0.3 is 4.74 Å². The van der Waals surface area contributed by atoms with E-state index in [9.17, 15) is 4.79 Å². The van der Waals surface area contributed by atoms with Gasteiger partial charge in [-0.05, 0) is 47.4 Å². The normalized spacial score (nSPS) is 12.1. The summed E-state index contributed by atoms with van der Waals surface area (Å²) in [6.45, 7) is 12.6. The second kappa shape index (κ2) is 7.68. The molecule has 3 rings (SSSR count). The van der Waals surface area contributed by atoms with E-state index in [2.05, 4.69) is 46.6 Å². The van der Waals surface area contributed by atoms with Crippen LogP contribution in [0.5, 0.6) is 5.88 Å². The maximum atomic E-state index is 12.8. The van der Waals surface area contributed by atoms with E-state index in [0.29, 0.717) is 16.5 Å². The minimum Gasteiger partial charge on any atom is -0.404 e. The van der Waals surface area contributed by atoms with Gasteiger partial charge in [0.05, 0.1) is 16.9 Å². The Hall–Kier alpha value is -2.59. The first-order valence-corrected chi connectivity index (χ1v) is 10.0. The largest absolute Gasteiger partial charge is 0.404 e. The van der Waals surface area contributed by atoms with Gasteiger partial charge in [-0.25, -0.2) is 9.48 Å². The number of hydrogen-bond donors (Lipinski definition) is 0. The molecule has 0 unspecified atom stereocenters. The molecule has 0 saturated heterocycles. The number of hydrogen-bond acceptors (Lipinski definition) is 3. The smallest absolute Gasteiger partial charge is 0.344 e. The maximum Gasteiger partial charge on any atom is 0.344 e. The molecule has 2 aromatic carbocycles. The van der Waals surface area contributed by atoms with Crippen molar-refractivity contribution in [3.8, 4) is 11.6 Å². The molecule has 1 heterocycles. The van der Waals surface area contributed by atoms with Gasteiger partial charge in [-0.3, -0.25) is 0 Å². The molecule has 0 fully saturated rings. The third-order valence-electron chi connectivity index (χ3n) is 4.70. The van der Waals surface area contributed by atoms with E-state index in [-0.39, 0.29) is 10.8 Å². The van der Waals surface area contributed by atoms with Crippen LogP contribution in [0.3, 0.4) is 0 Å². The first-order chi connectivity index (χ1) is 13.4. The van der Waals surface area contributed by atoms with Crippen molar-refractivity contribution in [1.29, 1.82) is 0 Å². The summed E-state index contributed by atoms with van der Waals surface area (Å²) in [4.78, 5) is 12.8. The SMILES string of the molecule is CC(C)(C)c1ccc(C(=O)Oc2cc(C(C)(C)C)nn2-c2ccc(Cl)cc2)cc1. The Morgan fingerprint density at radius 3 is 2.00 bits per heavy atom. The van der Waals surface area contributed by atoms with Gasteiger partial charge in [-0.15, -0.1) is 0 Å². The molecule has 0 bridgehead atoms. The Bertz CT molecular complexity index is 1010. The van der Waals surface area contributed by atoms with Crippen molar-refractivity contribution < 1.29 is 9.53 Å². The summed E-state index contributed by atoms with van der Waals surface area (Å²) in [7, 11) is 0. The van der Waals surface area contributed by atoms with Gasteiger partial charge in [0, 0.05) is 16.5 Å². The fourth-order valence-corrected chi connectivity index (χ4v) is 2.96. The van der Waals surface area contributed by atoms with Gasteiger partial charge in [0.25, 0.3) is 0 Å². The molecule has 5 heteroatoms. The molecule has 0 atom stereocenters. The van der Waals surface area contributed by atoms with Crippen LogP contribution in [-0.2, 0) is 10.8 Å². The van der Waals surface area contributed by atoms with Gasteiger partial charge in [-0.1, -0.05) is 65.3 Å². The van der Waals surface area contributed by atoms with E-state index >= 15 is 0 Å². The fraction of sp³-hybridized carbons (Fsp3) is 0.333. The molecule has 0 aliphatic rings. The zero-order chi connectivity index (χ0) is 21.4. The van der Waals surface area contributed by atoms with Gasteiger partial charge >= 0.3 is 5.97 Å². The first kappa shape index (κ1) is 21.1. The molecule has 0 radical (unpaired) electrons. The summed E-state index contributed by atoms with van der Waals surface area (Å²) in [5.74, 6) is -0.0387. The number of benzene rings is 2. The summed E-state index contributed by atoms with van der Waals surface area (Å²) >= 11 is 6.01. The Morgan fingerprint density at radius 2 is 1.48 bits per heavy atom. The van der Waals surface area contributed by atoms with Crippen molar-refractivity contribution in [2.24, 2.45) is 0 Å². The van der Waals surface area contributed by atoms with Crippen LogP contribution in [-0.4, -0.2) is 15.7 Å². The molecule has 0 aliphatic heterocycles. The van der Waals surface area contributed by atoms with E-state index in [1.165, 1.54) is 0 Å². The molecule has 0 saturated carbocycles. The van der Waals surface area contributed by atoms with Crippen molar-refractivity contribution in [3.05, 3.63) is 76.4 Å². The average molecular weight is 411 g/mol. The monoisotopic (exact) mass is 410 g/mol. The van der Waals surface area contributed by atoms with Crippen LogP contribution in [0.4, 0.5) is 0 Å². The minimum atomic E-state index is -0.416. The molecule has 29 heavy (non-hydrogen) atoms. The number of carbonyl (C=O) groups is 1. The Morgan fingerprint density at radius 1 is 0.897 bits per heavy atom. The topological polar surface area (TPSA) is 44.1 Å². The van der Waals surface area contributed by atoms with Crippen molar-refractivity contribution in [1.82, 2.24) is 9.78 Å². The van der Waals surface area contributed by atoms with Crippen LogP contribution in [0.25, 0.3) is 5.69 Å². The average Bonchev–Trinajstić information content (AvgIpc) is 3.06.